The number of nitrogens with one attached hydrogen (secondary N) is 1. The number of para-hydroxylation sites is 1. The van der Waals surface area contributed by atoms with Gasteiger partial charge in [-0.25, -0.2) is 4.98 Å². The summed E-state index contributed by atoms with van der Waals surface area (Å²) >= 11 is 0. The number of hydrogen-bond acceptors (Lipinski definition) is 4. The largest absolute Gasteiger partial charge is 0.383 e. The molecule has 1 aromatic heterocycles. The molecule has 2 rings (SSSR count). The molecule has 4 heteroatoms. The average molecular weight is 188 g/mol. The first-order chi connectivity index (χ1) is 6.81. The number of benzene rings is 1. The Hall–Kier alpha value is -1.84. The third kappa shape index (κ3) is 1.46. The van der Waals surface area contributed by atoms with Crippen molar-refractivity contribution in [3.05, 3.63) is 24.3 Å². The van der Waals surface area contributed by atoms with Crippen molar-refractivity contribution in [2.75, 3.05) is 17.6 Å². The lowest BCUT2D eigenvalue weighted by atomic mass is 10.2. The van der Waals surface area contributed by atoms with Crippen LogP contribution in [0.1, 0.15) is 6.92 Å². The number of fused-ring (bicyclic) bond motifs is 1. The predicted octanol–water partition coefficient (Wildman–Crippen LogP) is 1.64. The van der Waals surface area contributed by atoms with Gasteiger partial charge in [0.15, 0.2) is 0 Å². The van der Waals surface area contributed by atoms with Gasteiger partial charge in [0.25, 0.3) is 0 Å². The van der Waals surface area contributed by atoms with E-state index in [1.807, 2.05) is 31.2 Å². The van der Waals surface area contributed by atoms with Crippen LogP contribution in [0.25, 0.3) is 10.9 Å². The number of rotatable bonds is 2. The summed E-state index contributed by atoms with van der Waals surface area (Å²) in [7, 11) is 0. The molecular weight excluding hydrogens is 176 g/mol. The Morgan fingerprint density at radius 1 is 1.29 bits per heavy atom. The summed E-state index contributed by atoms with van der Waals surface area (Å²) in [6, 6.07) is 7.70. The molecule has 0 saturated heterocycles. The van der Waals surface area contributed by atoms with Crippen molar-refractivity contribution < 1.29 is 0 Å². The van der Waals surface area contributed by atoms with Gasteiger partial charge in [0.1, 0.15) is 5.82 Å². The zero-order chi connectivity index (χ0) is 9.97. The molecule has 14 heavy (non-hydrogen) atoms. The molecule has 0 saturated carbocycles. The highest BCUT2D eigenvalue weighted by Gasteiger charge is 2.02. The van der Waals surface area contributed by atoms with Gasteiger partial charge in [0.2, 0.25) is 5.95 Å². The Morgan fingerprint density at radius 2 is 2.07 bits per heavy atom. The third-order valence-corrected chi connectivity index (χ3v) is 1.97. The second-order valence-corrected chi connectivity index (χ2v) is 2.98. The molecule has 0 unspecified atom stereocenters. The third-order valence-electron chi connectivity index (χ3n) is 1.97. The van der Waals surface area contributed by atoms with Gasteiger partial charge in [0.05, 0.1) is 5.52 Å². The molecule has 0 spiro atoms. The van der Waals surface area contributed by atoms with E-state index in [9.17, 15) is 0 Å². The molecule has 4 nitrogen and oxygen atoms in total. The number of nitrogens with zero attached hydrogens (tertiary/aromatic N) is 2. The van der Waals surface area contributed by atoms with E-state index in [1.54, 1.807) is 0 Å². The number of aromatic nitrogens is 2. The molecule has 72 valence electrons. The number of anilines is 2. The standard InChI is InChI=1S/C10H12N4/c1-2-12-10-13-8-6-4-3-5-7(8)9(11)14-10/h3-6H,2H2,1H3,(H3,11,12,13,14). The Morgan fingerprint density at radius 3 is 2.86 bits per heavy atom. The highest BCUT2D eigenvalue weighted by Crippen LogP contribution is 2.18. The van der Waals surface area contributed by atoms with Crippen LogP contribution < -0.4 is 11.1 Å². The minimum atomic E-state index is 0.520. The maximum atomic E-state index is 5.80. The van der Waals surface area contributed by atoms with E-state index in [0.717, 1.165) is 17.4 Å². The van der Waals surface area contributed by atoms with Crippen molar-refractivity contribution in [1.82, 2.24) is 9.97 Å². The smallest absolute Gasteiger partial charge is 0.225 e. The van der Waals surface area contributed by atoms with Crippen molar-refractivity contribution in [3.8, 4) is 0 Å². The van der Waals surface area contributed by atoms with Crippen LogP contribution in [-0.2, 0) is 0 Å². The summed E-state index contributed by atoms with van der Waals surface area (Å²) in [5.41, 5.74) is 6.67. The van der Waals surface area contributed by atoms with Crippen molar-refractivity contribution in [2.45, 2.75) is 6.92 Å². The van der Waals surface area contributed by atoms with Crippen LogP contribution in [0, 0.1) is 0 Å². The van der Waals surface area contributed by atoms with Crippen molar-refractivity contribution >= 4 is 22.7 Å². The molecule has 0 aliphatic heterocycles. The predicted molar refractivity (Wildman–Crippen MR) is 58.1 cm³/mol. The Balaban J connectivity index is 2.60. The van der Waals surface area contributed by atoms with Crippen LogP contribution in [0.4, 0.5) is 11.8 Å². The van der Waals surface area contributed by atoms with Gasteiger partial charge >= 0.3 is 0 Å². The second-order valence-electron chi connectivity index (χ2n) is 2.98. The SMILES string of the molecule is CCNc1nc(N)c2ccccc2n1. The zero-order valence-corrected chi connectivity index (χ0v) is 7.99. The Bertz CT molecular complexity index is 453. The van der Waals surface area contributed by atoms with Crippen LogP contribution in [0.2, 0.25) is 0 Å². The van der Waals surface area contributed by atoms with Gasteiger partial charge in [-0.2, -0.15) is 4.98 Å². The first-order valence-corrected chi connectivity index (χ1v) is 4.57. The van der Waals surface area contributed by atoms with E-state index in [4.69, 9.17) is 5.73 Å². The fourth-order valence-corrected chi connectivity index (χ4v) is 1.34. The van der Waals surface area contributed by atoms with E-state index >= 15 is 0 Å². The molecule has 1 heterocycles. The summed E-state index contributed by atoms with van der Waals surface area (Å²) in [5.74, 6) is 1.11. The van der Waals surface area contributed by atoms with Gasteiger partial charge in [-0.3, -0.25) is 0 Å². The average Bonchev–Trinajstić information content (AvgIpc) is 2.18. The molecule has 1 aromatic carbocycles. The fourth-order valence-electron chi connectivity index (χ4n) is 1.34. The normalized spacial score (nSPS) is 10.4. The van der Waals surface area contributed by atoms with Gasteiger partial charge in [-0.05, 0) is 19.1 Å². The minimum Gasteiger partial charge on any atom is -0.383 e. The second kappa shape index (κ2) is 3.49. The van der Waals surface area contributed by atoms with Crippen molar-refractivity contribution in [1.29, 1.82) is 0 Å². The van der Waals surface area contributed by atoms with E-state index < -0.39 is 0 Å². The van der Waals surface area contributed by atoms with E-state index in [1.165, 1.54) is 0 Å². The lowest BCUT2D eigenvalue weighted by Gasteiger charge is -2.05. The van der Waals surface area contributed by atoms with Crippen molar-refractivity contribution in [3.63, 3.8) is 0 Å². The van der Waals surface area contributed by atoms with E-state index in [-0.39, 0.29) is 0 Å². The summed E-state index contributed by atoms with van der Waals surface area (Å²) in [4.78, 5) is 8.47. The number of hydrogen-bond donors (Lipinski definition) is 2. The highest BCUT2D eigenvalue weighted by atomic mass is 15.1. The summed E-state index contributed by atoms with van der Waals surface area (Å²) in [5, 5.41) is 3.94. The van der Waals surface area contributed by atoms with E-state index in [0.29, 0.717) is 11.8 Å². The Kier molecular flexibility index (Phi) is 2.18. The lowest BCUT2D eigenvalue weighted by Crippen LogP contribution is -2.04. The molecular formula is C10H12N4. The summed E-state index contributed by atoms with van der Waals surface area (Å²) in [6.45, 7) is 2.78. The molecule has 0 amide bonds. The maximum absolute atomic E-state index is 5.80. The molecule has 0 atom stereocenters. The van der Waals surface area contributed by atoms with Crippen LogP contribution >= 0.6 is 0 Å². The molecule has 0 radical (unpaired) electrons. The van der Waals surface area contributed by atoms with Gasteiger partial charge in [-0.15, -0.1) is 0 Å². The highest BCUT2D eigenvalue weighted by molar-refractivity contribution is 5.88. The fraction of sp³-hybridized carbons (Fsp3) is 0.200. The minimum absolute atomic E-state index is 0.520. The molecule has 2 aromatic rings. The van der Waals surface area contributed by atoms with Crippen LogP contribution in [0.3, 0.4) is 0 Å². The molecule has 0 bridgehead atoms. The number of nitrogens with two attached hydrogens (primary N) is 1. The van der Waals surface area contributed by atoms with E-state index in [2.05, 4.69) is 15.3 Å². The van der Waals surface area contributed by atoms with Gasteiger partial charge in [0, 0.05) is 11.9 Å². The Labute approximate surface area is 82.2 Å². The monoisotopic (exact) mass is 188 g/mol. The van der Waals surface area contributed by atoms with Crippen LogP contribution in [0.5, 0.6) is 0 Å². The number of nitrogen functional groups attached to an aromatic ring is 1. The lowest BCUT2D eigenvalue weighted by molar-refractivity contribution is 1.11. The first-order valence-electron chi connectivity index (χ1n) is 4.57. The van der Waals surface area contributed by atoms with Gasteiger partial charge < -0.3 is 11.1 Å². The summed E-state index contributed by atoms with van der Waals surface area (Å²) < 4.78 is 0. The molecule has 3 N–H and O–H groups in total. The topological polar surface area (TPSA) is 63.8 Å². The summed E-state index contributed by atoms with van der Waals surface area (Å²) in [6.07, 6.45) is 0. The zero-order valence-electron chi connectivity index (χ0n) is 7.99. The maximum Gasteiger partial charge on any atom is 0.225 e. The molecule has 0 fully saturated rings. The quantitative estimate of drug-likeness (QED) is 0.752. The first kappa shape index (κ1) is 8.74. The molecule has 0 aliphatic rings. The molecule has 0 aliphatic carbocycles. The van der Waals surface area contributed by atoms with Crippen LogP contribution in [-0.4, -0.2) is 16.5 Å². The van der Waals surface area contributed by atoms with Crippen LogP contribution in [0.15, 0.2) is 24.3 Å². The van der Waals surface area contributed by atoms with Crippen molar-refractivity contribution in [2.24, 2.45) is 0 Å². The van der Waals surface area contributed by atoms with Gasteiger partial charge in [-0.1, -0.05) is 12.1 Å².